The van der Waals surface area contributed by atoms with Crippen LogP contribution in [0.2, 0.25) is 0 Å². The fourth-order valence-electron chi connectivity index (χ4n) is 4.87. The second-order valence-corrected chi connectivity index (χ2v) is 9.51. The monoisotopic (exact) mass is 368 g/mol. The number of sulfonamides is 1. The summed E-state index contributed by atoms with van der Waals surface area (Å²) in [5.74, 6) is 0.593. The van der Waals surface area contributed by atoms with Crippen LogP contribution in [-0.4, -0.2) is 72.3 Å². The average Bonchev–Trinajstić information content (AvgIpc) is 3.06. The van der Waals surface area contributed by atoms with Gasteiger partial charge in [0.05, 0.1) is 18.9 Å². The molecule has 7 nitrogen and oxygen atoms in total. The Labute approximate surface area is 150 Å². The first kappa shape index (κ1) is 17.5. The molecular weight excluding hydrogens is 340 g/mol. The Kier molecular flexibility index (Phi) is 4.64. The molecule has 140 valence electrons. The summed E-state index contributed by atoms with van der Waals surface area (Å²) in [6, 6.07) is 1.98. The Bertz CT molecular complexity index is 712. The molecule has 0 aliphatic carbocycles. The summed E-state index contributed by atoms with van der Waals surface area (Å²) in [6.07, 6.45) is 3.93. The summed E-state index contributed by atoms with van der Waals surface area (Å²) in [7, 11) is -1.75. The number of fused-ring (bicyclic) bond motifs is 2. The molecule has 0 amide bonds. The summed E-state index contributed by atoms with van der Waals surface area (Å²) in [5, 5.41) is 4.55. The highest BCUT2D eigenvalue weighted by Gasteiger charge is 2.48. The van der Waals surface area contributed by atoms with E-state index in [-0.39, 0.29) is 12.1 Å². The molecule has 3 atom stereocenters. The van der Waals surface area contributed by atoms with Gasteiger partial charge in [0.2, 0.25) is 0 Å². The van der Waals surface area contributed by atoms with Crippen LogP contribution in [0.15, 0.2) is 11.1 Å². The average molecular weight is 369 g/mol. The van der Waals surface area contributed by atoms with Crippen LogP contribution in [0.25, 0.3) is 0 Å². The van der Waals surface area contributed by atoms with E-state index in [0.29, 0.717) is 10.9 Å². The maximum atomic E-state index is 13.2. The molecule has 0 saturated carbocycles. The van der Waals surface area contributed by atoms with E-state index in [1.807, 2.05) is 6.92 Å². The van der Waals surface area contributed by atoms with Crippen molar-refractivity contribution in [2.24, 2.45) is 13.0 Å². The van der Waals surface area contributed by atoms with E-state index in [1.165, 1.54) is 4.68 Å². The van der Waals surface area contributed by atoms with E-state index in [2.05, 4.69) is 10.00 Å². The maximum absolute atomic E-state index is 13.2. The zero-order valence-electron chi connectivity index (χ0n) is 15.1. The maximum Gasteiger partial charge on any atom is 0.260 e. The number of morpholine rings is 1. The van der Waals surface area contributed by atoms with Gasteiger partial charge in [-0.3, -0.25) is 9.58 Å². The zero-order valence-corrected chi connectivity index (χ0v) is 15.9. The number of ether oxygens (including phenoxy) is 1. The Morgan fingerprint density at radius 2 is 1.84 bits per heavy atom. The minimum absolute atomic E-state index is 0.144. The molecular formula is C17H28N4O3S. The molecule has 0 unspecified atom stereocenters. The van der Waals surface area contributed by atoms with Crippen molar-refractivity contribution in [3.63, 3.8) is 0 Å². The van der Waals surface area contributed by atoms with Crippen LogP contribution in [0.4, 0.5) is 0 Å². The van der Waals surface area contributed by atoms with Gasteiger partial charge in [0.15, 0.2) is 5.03 Å². The van der Waals surface area contributed by atoms with E-state index in [0.717, 1.165) is 64.2 Å². The van der Waals surface area contributed by atoms with Crippen molar-refractivity contribution in [3.8, 4) is 0 Å². The van der Waals surface area contributed by atoms with Crippen molar-refractivity contribution in [1.29, 1.82) is 0 Å². The largest absolute Gasteiger partial charge is 0.379 e. The van der Waals surface area contributed by atoms with Crippen LogP contribution in [0.3, 0.4) is 0 Å². The van der Waals surface area contributed by atoms with Gasteiger partial charge in [-0.05, 0) is 44.6 Å². The van der Waals surface area contributed by atoms with Gasteiger partial charge in [-0.25, -0.2) is 8.42 Å². The van der Waals surface area contributed by atoms with E-state index >= 15 is 0 Å². The number of hydrogen-bond donors (Lipinski definition) is 0. The third-order valence-electron chi connectivity index (χ3n) is 5.88. The number of aromatic nitrogens is 2. The second kappa shape index (κ2) is 6.64. The van der Waals surface area contributed by atoms with Crippen LogP contribution in [0.5, 0.6) is 0 Å². The minimum Gasteiger partial charge on any atom is -0.379 e. The number of piperidine rings is 1. The molecule has 8 heteroatoms. The zero-order chi connectivity index (χ0) is 17.6. The minimum atomic E-state index is -3.46. The summed E-state index contributed by atoms with van der Waals surface area (Å²) in [6.45, 7) is 6.56. The van der Waals surface area contributed by atoms with Crippen molar-refractivity contribution in [1.82, 2.24) is 19.0 Å². The lowest BCUT2D eigenvalue weighted by atomic mass is 9.92. The van der Waals surface area contributed by atoms with Gasteiger partial charge >= 0.3 is 0 Å². The predicted molar refractivity (Wildman–Crippen MR) is 93.8 cm³/mol. The van der Waals surface area contributed by atoms with Gasteiger partial charge in [0.25, 0.3) is 10.0 Å². The molecule has 0 aromatic carbocycles. The summed E-state index contributed by atoms with van der Waals surface area (Å²) >= 11 is 0. The van der Waals surface area contributed by atoms with E-state index in [4.69, 9.17) is 4.74 Å². The number of rotatable bonds is 4. The van der Waals surface area contributed by atoms with Crippen LogP contribution >= 0.6 is 0 Å². The summed E-state index contributed by atoms with van der Waals surface area (Å²) < 4.78 is 35.2. The Morgan fingerprint density at radius 1 is 1.20 bits per heavy atom. The molecule has 3 aliphatic rings. The van der Waals surface area contributed by atoms with Gasteiger partial charge in [-0.1, -0.05) is 0 Å². The lowest BCUT2D eigenvalue weighted by Crippen LogP contribution is -2.49. The quantitative estimate of drug-likeness (QED) is 0.793. The van der Waals surface area contributed by atoms with Crippen LogP contribution in [-0.2, 0) is 21.8 Å². The van der Waals surface area contributed by atoms with Gasteiger partial charge < -0.3 is 4.74 Å². The first-order chi connectivity index (χ1) is 11.9. The lowest BCUT2D eigenvalue weighted by Gasteiger charge is -2.40. The first-order valence-corrected chi connectivity index (χ1v) is 10.7. The molecule has 4 rings (SSSR count). The first-order valence-electron chi connectivity index (χ1n) is 9.29. The molecule has 1 aromatic rings. The molecule has 0 spiro atoms. The highest BCUT2D eigenvalue weighted by atomic mass is 32.2. The number of hydrogen-bond acceptors (Lipinski definition) is 5. The molecule has 2 bridgehead atoms. The fourth-order valence-corrected chi connectivity index (χ4v) is 6.95. The van der Waals surface area contributed by atoms with Crippen LogP contribution in [0.1, 0.15) is 31.4 Å². The topological polar surface area (TPSA) is 67.7 Å². The number of aryl methyl sites for hydroxylation is 2. The Hall–Kier alpha value is -0.960. The van der Waals surface area contributed by atoms with Gasteiger partial charge in [-0.2, -0.15) is 9.40 Å². The van der Waals surface area contributed by atoms with Gasteiger partial charge in [0, 0.05) is 38.8 Å². The summed E-state index contributed by atoms with van der Waals surface area (Å²) in [4.78, 5) is 2.47. The molecule has 4 heterocycles. The molecule has 0 radical (unpaired) electrons. The van der Waals surface area contributed by atoms with Crippen molar-refractivity contribution >= 4 is 10.0 Å². The van der Waals surface area contributed by atoms with E-state index in [1.54, 1.807) is 17.4 Å². The van der Waals surface area contributed by atoms with Gasteiger partial charge in [0.1, 0.15) is 0 Å². The fraction of sp³-hybridized carbons (Fsp3) is 0.824. The van der Waals surface area contributed by atoms with Crippen molar-refractivity contribution < 1.29 is 13.2 Å². The molecule has 3 saturated heterocycles. The third-order valence-corrected chi connectivity index (χ3v) is 7.95. The molecule has 3 aliphatic heterocycles. The van der Waals surface area contributed by atoms with E-state index in [9.17, 15) is 8.42 Å². The predicted octanol–water partition coefficient (Wildman–Crippen LogP) is 0.992. The smallest absolute Gasteiger partial charge is 0.260 e. The lowest BCUT2D eigenvalue weighted by molar-refractivity contribution is 0.0235. The normalized spacial score (nSPS) is 31.5. The van der Waals surface area contributed by atoms with Crippen molar-refractivity contribution in [3.05, 3.63) is 11.8 Å². The Morgan fingerprint density at radius 3 is 2.40 bits per heavy atom. The highest BCUT2D eigenvalue weighted by Crippen LogP contribution is 2.42. The van der Waals surface area contributed by atoms with Crippen LogP contribution < -0.4 is 0 Å². The Balaban J connectivity index is 1.49. The molecule has 1 aromatic heterocycles. The molecule has 25 heavy (non-hydrogen) atoms. The number of nitrogens with zero attached hydrogens (tertiary/aromatic N) is 4. The van der Waals surface area contributed by atoms with E-state index < -0.39 is 10.0 Å². The third kappa shape index (κ3) is 3.25. The summed E-state index contributed by atoms with van der Waals surface area (Å²) in [5.41, 5.74) is 0.746. The molecule has 0 N–H and O–H groups in total. The van der Waals surface area contributed by atoms with Gasteiger partial charge in [-0.15, -0.1) is 0 Å². The van der Waals surface area contributed by atoms with Crippen molar-refractivity contribution in [2.75, 3.05) is 32.8 Å². The molecule has 3 fully saturated rings. The standard InChI is InChI=1S/C17H28N4O3S/c1-13-9-17(19(2)18-13)25(22,23)21-15-3-4-16(21)11-14(10-15)12-20-5-7-24-8-6-20/h9,14-16H,3-8,10-12H2,1-2H3/t14-,15+,16-. The van der Waals surface area contributed by atoms with Crippen molar-refractivity contribution in [2.45, 2.75) is 49.7 Å². The second-order valence-electron chi connectivity index (χ2n) is 7.72. The van der Waals surface area contributed by atoms with Crippen LogP contribution in [0, 0.1) is 12.8 Å². The SMILES string of the molecule is Cc1cc(S(=O)(=O)N2[C@@H]3CC[C@H]2C[C@@H](CN2CCOCC2)C3)n(C)n1. The highest BCUT2D eigenvalue weighted by molar-refractivity contribution is 7.89.